The standard InChI is InChI=1S/2C21H16N2O4.2NO3.4H3N.7H2O.2Pt/c2*24-19-14-7-1-2-8-15(14)20(25)21(26)17(19)18(16-9-3-4-10-22-16)23-12-13-6-5-11-27-13;2*2-1(3)4;;;;;;;;;;;;;/h2*1-11,18,23-24H,12H2;;;4*1H3;7*1H2;;/q;;2*-1;;;;;;;;;;;;2*+2/p-2/t2*18-;;;;;;;;;;;;;;;/m11.............../s1. The molecule has 0 saturated heterocycles. The second-order valence-electron chi connectivity index (χ2n) is 12.6. The van der Waals surface area contributed by atoms with Gasteiger partial charge in [0, 0.05) is 34.7 Å². The van der Waals surface area contributed by atoms with Gasteiger partial charge in [0.05, 0.1) is 59.3 Å². The number of fused-ring (bicyclic) bond motifs is 2. The summed E-state index contributed by atoms with van der Waals surface area (Å²) in [6, 6.07) is 28.5. The average molecular weight is 1430 g/mol. The molecule has 0 amide bonds. The molecule has 6 aromatic rings. The molecule has 8 rings (SSSR count). The molecule has 0 fully saturated rings. The summed E-state index contributed by atoms with van der Waals surface area (Å²) in [5, 5.41) is 61.9. The third-order valence-corrected chi connectivity index (χ3v) is 8.89. The van der Waals surface area contributed by atoms with E-state index >= 15 is 0 Å². The summed E-state index contributed by atoms with van der Waals surface area (Å²) in [4.78, 5) is 75.7. The monoisotopic (exact) mass is 1430 g/mol. The van der Waals surface area contributed by atoms with Gasteiger partial charge in [0.15, 0.2) is 0 Å². The van der Waals surface area contributed by atoms with Crippen molar-refractivity contribution in [1.82, 2.24) is 45.2 Å². The number of pyridine rings is 2. The zero-order valence-corrected chi connectivity index (χ0v) is 43.3. The van der Waals surface area contributed by atoms with Crippen molar-refractivity contribution < 1.29 is 129 Å². The SMILES string of the molecule is N.N.N.N.O.O.O.O.O.O.O.O=C1C(=O)c2ccccc2C([O-])=C1[C@H](NCc1ccco1)c1ccccn1.O=C1C(=O)c2ccccc2C([O-])=C1[C@H](NCc1ccco1)c1ccccn1.O=[N+]([O-])[O-].O=[N+]([O-])[O-].[Pt+2].[Pt+2]. The van der Waals surface area contributed by atoms with Gasteiger partial charge in [0.25, 0.3) is 0 Å². The number of carbonyl (C=O) groups is 4. The third-order valence-electron chi connectivity index (χ3n) is 8.89. The van der Waals surface area contributed by atoms with Crippen LogP contribution in [0.5, 0.6) is 0 Å². The molecule has 0 bridgehead atoms. The van der Waals surface area contributed by atoms with Gasteiger partial charge in [-0.2, -0.15) is 0 Å². The van der Waals surface area contributed by atoms with Crippen molar-refractivity contribution in [3.8, 4) is 0 Å². The molecule has 2 aliphatic carbocycles. The Bertz CT molecular complexity index is 2460. The third kappa shape index (κ3) is 22.5. The molecule has 75 heavy (non-hydrogen) atoms. The van der Waals surface area contributed by atoms with E-state index in [1.165, 1.54) is 24.7 Å². The Morgan fingerprint density at radius 1 is 0.440 bits per heavy atom. The fourth-order valence-electron chi connectivity index (χ4n) is 6.30. The van der Waals surface area contributed by atoms with E-state index in [1.807, 2.05) is 0 Å². The van der Waals surface area contributed by atoms with Crippen LogP contribution < -0.4 is 45.4 Å². The number of nitrogens with zero attached hydrogens (tertiary/aromatic N) is 4. The Morgan fingerprint density at radius 2 is 0.720 bits per heavy atom. The molecular weight excluding hydrogens is 1370 g/mol. The van der Waals surface area contributed by atoms with E-state index in [2.05, 4.69) is 20.6 Å². The summed E-state index contributed by atoms with van der Waals surface area (Å²) in [5.41, 5.74) is 1.47. The van der Waals surface area contributed by atoms with Crippen LogP contribution in [-0.4, -0.2) is 81.6 Å². The van der Waals surface area contributed by atoms with Gasteiger partial charge in [-0.25, -0.2) is 0 Å². The Kier molecular flexibility index (Phi) is 48.5. The van der Waals surface area contributed by atoms with Crippen LogP contribution in [0.1, 0.15) is 66.8 Å². The minimum atomic E-state index is -1.75. The first-order valence-electron chi connectivity index (χ1n) is 18.0. The van der Waals surface area contributed by atoms with Crippen LogP contribution in [0, 0.1) is 30.6 Å². The number of nitrogens with one attached hydrogen (secondary N) is 2. The minimum absolute atomic E-state index is 0. The summed E-state index contributed by atoms with van der Waals surface area (Å²) < 4.78 is 10.6. The summed E-state index contributed by atoms with van der Waals surface area (Å²) >= 11 is 0. The molecule has 28 N–H and O–H groups in total. The number of furan rings is 2. The molecule has 4 aromatic heterocycles. The molecule has 33 heteroatoms. The molecular formula is C42H56N10O21Pt2. The van der Waals surface area contributed by atoms with E-state index in [1.54, 1.807) is 109 Å². The molecule has 0 saturated carbocycles. The van der Waals surface area contributed by atoms with Crippen molar-refractivity contribution >= 4 is 34.7 Å². The van der Waals surface area contributed by atoms with E-state index in [-0.39, 0.29) is 152 Å². The molecule has 0 unspecified atom stereocenters. The van der Waals surface area contributed by atoms with Gasteiger partial charge in [0.1, 0.15) is 11.5 Å². The summed E-state index contributed by atoms with van der Waals surface area (Å²) in [6.07, 6.45) is 6.23. The smallest absolute Gasteiger partial charge is 0.872 e. The van der Waals surface area contributed by atoms with Crippen LogP contribution in [0.2, 0.25) is 0 Å². The maximum Gasteiger partial charge on any atom is 2.00 e. The van der Waals surface area contributed by atoms with Crippen LogP contribution in [0.3, 0.4) is 0 Å². The van der Waals surface area contributed by atoms with Gasteiger partial charge in [-0.3, -0.25) is 39.8 Å². The first kappa shape index (κ1) is 87.1. The number of Topliss-reactive ketones (excluding diaryl/α,β-unsaturated/α-hetero) is 4. The van der Waals surface area contributed by atoms with Gasteiger partial charge >= 0.3 is 42.1 Å². The number of aromatic nitrogens is 2. The predicted octanol–water partition coefficient (Wildman–Crippen LogP) is -1.52. The maximum atomic E-state index is 13.0. The average Bonchev–Trinajstić information content (AvgIpc) is 4.00. The van der Waals surface area contributed by atoms with Crippen molar-refractivity contribution in [2.75, 3.05) is 0 Å². The molecule has 2 aliphatic rings. The summed E-state index contributed by atoms with van der Waals surface area (Å²) in [5.74, 6) is -2.61. The van der Waals surface area contributed by atoms with Crippen molar-refractivity contribution in [2.24, 2.45) is 0 Å². The van der Waals surface area contributed by atoms with Crippen LogP contribution in [0.15, 0.2) is 154 Å². The number of ketones is 4. The Morgan fingerprint density at radius 3 is 0.973 bits per heavy atom. The van der Waals surface area contributed by atoms with E-state index in [0.29, 0.717) is 22.9 Å². The first-order valence-corrected chi connectivity index (χ1v) is 18.0. The number of hydrogen-bond donors (Lipinski definition) is 6. The Labute approximate surface area is 453 Å². The Balaban J connectivity index is -0.000000126. The number of hydrogen-bond acceptors (Lipinski definition) is 22. The molecule has 0 aliphatic heterocycles. The minimum Gasteiger partial charge on any atom is -0.872 e. The maximum absolute atomic E-state index is 13.0. The number of carbonyl (C=O) groups excluding carboxylic acids is 4. The van der Waals surface area contributed by atoms with Crippen molar-refractivity contribution in [1.29, 1.82) is 0 Å². The fourth-order valence-corrected chi connectivity index (χ4v) is 6.30. The second kappa shape index (κ2) is 41.8. The molecule has 4 heterocycles. The predicted molar refractivity (Wildman–Crippen MR) is 257 cm³/mol. The van der Waals surface area contributed by atoms with Gasteiger partial charge in [-0.15, -0.1) is 0 Å². The second-order valence-corrected chi connectivity index (χ2v) is 12.6. The quantitative estimate of drug-likeness (QED) is 0.0515. The largest absolute Gasteiger partial charge is 2.00 e. The van der Waals surface area contributed by atoms with Crippen LogP contribution in [0.25, 0.3) is 11.5 Å². The molecule has 0 spiro atoms. The van der Waals surface area contributed by atoms with Crippen LogP contribution >= 0.6 is 0 Å². The van der Waals surface area contributed by atoms with Crippen LogP contribution in [-0.2, 0) is 64.8 Å². The molecule has 2 atom stereocenters. The van der Waals surface area contributed by atoms with Crippen LogP contribution in [0.4, 0.5) is 0 Å². The van der Waals surface area contributed by atoms with E-state index in [0.717, 1.165) is 0 Å². The van der Waals surface area contributed by atoms with Crippen molar-refractivity contribution in [3.05, 3.63) is 221 Å². The molecule has 420 valence electrons. The first-order chi connectivity index (χ1) is 29.8. The zero-order chi connectivity index (χ0) is 44.8. The Hall–Kier alpha value is -7.68. The number of benzene rings is 2. The molecule has 0 radical (unpaired) electrons. The van der Waals surface area contributed by atoms with Gasteiger partial charge in [-0.1, -0.05) is 72.2 Å². The number of rotatable bonds is 10. The van der Waals surface area contributed by atoms with Gasteiger partial charge in [-0.05, 0) is 59.7 Å². The van der Waals surface area contributed by atoms with E-state index < -0.39 is 56.9 Å². The van der Waals surface area contributed by atoms with E-state index in [9.17, 15) is 29.4 Å². The zero-order valence-electron chi connectivity index (χ0n) is 38.7. The fraction of sp³-hybridized carbons (Fsp3) is 0.0952. The van der Waals surface area contributed by atoms with Crippen molar-refractivity contribution in [2.45, 2.75) is 25.2 Å². The topological polar surface area (TPSA) is 683 Å². The van der Waals surface area contributed by atoms with Crippen molar-refractivity contribution in [3.63, 3.8) is 0 Å². The normalized spacial score (nSPS) is 11.4. The molecule has 31 nitrogen and oxygen atoms in total. The summed E-state index contributed by atoms with van der Waals surface area (Å²) in [6.45, 7) is 0.544. The van der Waals surface area contributed by atoms with Gasteiger partial charge in [0.2, 0.25) is 23.1 Å². The van der Waals surface area contributed by atoms with Gasteiger partial charge < -0.3 is 113 Å². The van der Waals surface area contributed by atoms with E-state index in [4.69, 9.17) is 39.5 Å². The summed E-state index contributed by atoms with van der Waals surface area (Å²) in [7, 11) is 0. The molecule has 2 aromatic carbocycles.